The highest BCUT2D eigenvalue weighted by molar-refractivity contribution is 6.31. The van der Waals surface area contributed by atoms with Gasteiger partial charge in [0.1, 0.15) is 11.6 Å². The number of halogens is 2. The Morgan fingerprint density at radius 1 is 1.23 bits per heavy atom. The fraction of sp³-hybridized carbons (Fsp3) is 0.167. The van der Waals surface area contributed by atoms with E-state index in [4.69, 9.17) is 21.0 Å². The first-order valence-electron chi connectivity index (χ1n) is 7.76. The number of hydrogen-bond donors (Lipinski definition) is 1. The molecule has 0 bridgehead atoms. The van der Waals surface area contributed by atoms with Gasteiger partial charge in [-0.05, 0) is 72.2 Å². The van der Waals surface area contributed by atoms with Crippen molar-refractivity contribution in [1.82, 2.24) is 10.3 Å². The van der Waals surface area contributed by atoms with E-state index in [0.717, 1.165) is 5.56 Å². The van der Waals surface area contributed by atoms with Crippen LogP contribution in [0.1, 0.15) is 12.5 Å². The molecule has 0 saturated carbocycles. The van der Waals surface area contributed by atoms with Crippen LogP contribution in [0.3, 0.4) is 0 Å². The van der Waals surface area contributed by atoms with E-state index in [-0.39, 0.29) is 11.6 Å². The number of carbonyl (C=O) groups excluding carboxylic acids is 1. The summed E-state index contributed by atoms with van der Waals surface area (Å²) < 4.78 is 23.4. The second-order valence-corrected chi connectivity index (χ2v) is 6.04. The summed E-state index contributed by atoms with van der Waals surface area (Å²) in [4.78, 5) is 12.4. The van der Waals surface area contributed by atoms with Crippen molar-refractivity contribution in [3.05, 3.63) is 58.9 Å². The summed E-state index contributed by atoms with van der Waals surface area (Å²) in [6.07, 6.45) is -0.798. The molecule has 0 fully saturated rings. The van der Waals surface area contributed by atoms with Crippen LogP contribution in [0.2, 0.25) is 5.02 Å². The molecule has 0 aliphatic rings. The number of nitrogens with one attached hydrogen (secondary N) is 1. The van der Waals surface area contributed by atoms with Crippen molar-refractivity contribution in [1.29, 1.82) is 0 Å². The Balaban J connectivity index is 1.71. The molecule has 0 spiro atoms. The molecule has 0 radical (unpaired) electrons. The molecule has 2 aromatic carbocycles. The average Bonchev–Trinajstić information content (AvgIpc) is 3.07. The third kappa shape index (κ3) is 4.00. The molecule has 134 valence electrons. The molecule has 1 atom stereocenters. The molecule has 1 amide bonds. The van der Waals surface area contributed by atoms with Crippen LogP contribution in [0.25, 0.3) is 11.3 Å². The van der Waals surface area contributed by atoms with Crippen LogP contribution < -0.4 is 10.1 Å². The molecule has 0 saturated heterocycles. The van der Waals surface area contributed by atoms with Crippen LogP contribution in [0.5, 0.6) is 5.75 Å². The van der Waals surface area contributed by atoms with Crippen LogP contribution in [-0.4, -0.2) is 22.3 Å². The van der Waals surface area contributed by atoms with Crippen molar-refractivity contribution < 1.29 is 18.6 Å². The molecule has 0 aliphatic heterocycles. The number of amides is 1. The summed E-state index contributed by atoms with van der Waals surface area (Å²) in [6, 6.07) is 10.7. The van der Waals surface area contributed by atoms with Crippen molar-refractivity contribution in [2.45, 2.75) is 20.0 Å². The topological polar surface area (TPSA) is 77.2 Å². The Kier molecular flexibility index (Phi) is 5.18. The highest BCUT2D eigenvalue weighted by Gasteiger charge is 2.20. The number of hydrogen-bond acceptors (Lipinski definition) is 5. The minimum absolute atomic E-state index is 0.129. The monoisotopic (exact) mass is 375 g/mol. The molecule has 3 aromatic rings. The first kappa shape index (κ1) is 17.9. The Morgan fingerprint density at radius 3 is 2.65 bits per heavy atom. The number of anilines is 1. The zero-order valence-corrected chi connectivity index (χ0v) is 14.7. The Bertz CT molecular complexity index is 928. The number of rotatable bonds is 5. The van der Waals surface area contributed by atoms with Crippen molar-refractivity contribution in [3.63, 3.8) is 0 Å². The van der Waals surface area contributed by atoms with E-state index >= 15 is 0 Å². The maximum absolute atomic E-state index is 13.1. The number of ether oxygens (including phenoxy) is 1. The van der Waals surface area contributed by atoms with Crippen LogP contribution >= 0.6 is 11.6 Å². The Hall–Kier alpha value is -2.93. The van der Waals surface area contributed by atoms with Gasteiger partial charge < -0.3 is 10.1 Å². The van der Waals surface area contributed by atoms with Crippen LogP contribution in [-0.2, 0) is 4.79 Å². The lowest BCUT2D eigenvalue weighted by Gasteiger charge is -2.14. The fourth-order valence-electron chi connectivity index (χ4n) is 2.23. The Labute approximate surface area is 153 Å². The number of nitrogens with zero attached hydrogens (tertiary/aromatic N) is 2. The van der Waals surface area contributed by atoms with Gasteiger partial charge in [-0.3, -0.25) is 4.79 Å². The second-order valence-electron chi connectivity index (χ2n) is 5.63. The lowest BCUT2D eigenvalue weighted by molar-refractivity contribution is -0.122. The lowest BCUT2D eigenvalue weighted by atomic mass is 10.1. The van der Waals surface area contributed by atoms with E-state index in [9.17, 15) is 9.18 Å². The summed E-state index contributed by atoms with van der Waals surface area (Å²) in [5, 5.41) is 10.7. The van der Waals surface area contributed by atoms with E-state index in [0.29, 0.717) is 22.0 Å². The van der Waals surface area contributed by atoms with Gasteiger partial charge in [0.15, 0.2) is 11.8 Å². The minimum atomic E-state index is -0.798. The maximum atomic E-state index is 13.1. The van der Waals surface area contributed by atoms with Gasteiger partial charge in [-0.1, -0.05) is 11.6 Å². The first-order chi connectivity index (χ1) is 12.4. The third-order valence-electron chi connectivity index (χ3n) is 3.66. The third-order valence-corrected chi connectivity index (χ3v) is 4.08. The van der Waals surface area contributed by atoms with Gasteiger partial charge in [0.25, 0.3) is 5.91 Å². The zero-order valence-electron chi connectivity index (χ0n) is 14.0. The van der Waals surface area contributed by atoms with Gasteiger partial charge >= 0.3 is 0 Å². The van der Waals surface area contributed by atoms with E-state index < -0.39 is 12.0 Å². The minimum Gasteiger partial charge on any atom is -0.481 e. The molecule has 26 heavy (non-hydrogen) atoms. The first-order valence-corrected chi connectivity index (χ1v) is 8.14. The van der Waals surface area contributed by atoms with Gasteiger partial charge in [-0.25, -0.2) is 9.02 Å². The fourth-order valence-corrected chi connectivity index (χ4v) is 2.35. The molecule has 1 aromatic heterocycles. The largest absolute Gasteiger partial charge is 0.481 e. The average molecular weight is 376 g/mol. The van der Waals surface area contributed by atoms with Crippen molar-refractivity contribution >= 4 is 23.3 Å². The van der Waals surface area contributed by atoms with E-state index in [1.54, 1.807) is 25.1 Å². The smallest absolute Gasteiger partial charge is 0.266 e. The molecule has 6 nitrogen and oxygen atoms in total. The summed E-state index contributed by atoms with van der Waals surface area (Å²) in [6.45, 7) is 3.44. The van der Waals surface area contributed by atoms with Gasteiger partial charge in [0, 0.05) is 10.6 Å². The SMILES string of the molecule is Cc1cc(OC(C)C(=O)Nc2nonc2-c2ccc(F)cc2)ccc1Cl. The van der Waals surface area contributed by atoms with Crippen LogP contribution in [0.4, 0.5) is 10.2 Å². The van der Waals surface area contributed by atoms with Crippen LogP contribution in [0, 0.1) is 12.7 Å². The quantitative estimate of drug-likeness (QED) is 0.721. The molecular formula is C18H15ClFN3O3. The number of carbonyl (C=O) groups is 1. The molecule has 1 N–H and O–H groups in total. The summed E-state index contributed by atoms with van der Waals surface area (Å²) in [5.41, 5.74) is 1.70. The van der Waals surface area contributed by atoms with E-state index in [2.05, 4.69) is 15.6 Å². The summed E-state index contributed by atoms with van der Waals surface area (Å²) in [5.74, 6) is -0.163. The number of aryl methyl sites for hydroxylation is 1. The lowest BCUT2D eigenvalue weighted by Crippen LogP contribution is -2.30. The maximum Gasteiger partial charge on any atom is 0.266 e. The molecule has 3 rings (SSSR count). The molecule has 0 aliphatic carbocycles. The van der Waals surface area contributed by atoms with Crippen molar-refractivity contribution in [2.75, 3.05) is 5.32 Å². The van der Waals surface area contributed by atoms with Gasteiger partial charge in [0.2, 0.25) is 5.82 Å². The predicted octanol–water partition coefficient (Wildman–Crippen LogP) is 4.24. The number of benzene rings is 2. The van der Waals surface area contributed by atoms with Gasteiger partial charge in [-0.2, -0.15) is 0 Å². The van der Waals surface area contributed by atoms with Gasteiger partial charge in [-0.15, -0.1) is 0 Å². The Morgan fingerprint density at radius 2 is 1.96 bits per heavy atom. The number of aromatic nitrogens is 2. The highest BCUT2D eigenvalue weighted by Crippen LogP contribution is 2.25. The molecule has 8 heteroatoms. The zero-order chi connectivity index (χ0) is 18.7. The standard InChI is InChI=1S/C18H15ClFN3O3/c1-10-9-14(7-8-15(10)19)25-11(2)18(24)21-17-16(22-26-23-17)12-3-5-13(20)6-4-12/h3-9,11H,1-2H3,(H,21,23,24). The van der Waals surface area contributed by atoms with Crippen LogP contribution in [0.15, 0.2) is 47.1 Å². The van der Waals surface area contributed by atoms with Crippen molar-refractivity contribution in [2.24, 2.45) is 0 Å². The molecule has 1 unspecified atom stereocenters. The highest BCUT2D eigenvalue weighted by atomic mass is 35.5. The predicted molar refractivity (Wildman–Crippen MR) is 94.6 cm³/mol. The molecule has 1 heterocycles. The van der Waals surface area contributed by atoms with Crippen molar-refractivity contribution in [3.8, 4) is 17.0 Å². The van der Waals surface area contributed by atoms with E-state index in [1.807, 2.05) is 6.92 Å². The van der Waals surface area contributed by atoms with E-state index in [1.165, 1.54) is 24.3 Å². The summed E-state index contributed by atoms with van der Waals surface area (Å²) >= 11 is 5.98. The second kappa shape index (κ2) is 7.53. The normalized spacial score (nSPS) is 11.8. The molecular weight excluding hydrogens is 361 g/mol. The summed E-state index contributed by atoms with van der Waals surface area (Å²) in [7, 11) is 0. The van der Waals surface area contributed by atoms with Gasteiger partial charge in [0.05, 0.1) is 0 Å².